The first-order valence-corrected chi connectivity index (χ1v) is 8.77. The Kier molecular flexibility index (Phi) is 7.14. The molecule has 2 aromatic rings. The van der Waals surface area contributed by atoms with Gasteiger partial charge in [-0.3, -0.25) is 14.4 Å². The van der Waals surface area contributed by atoms with Gasteiger partial charge in [-0.1, -0.05) is 18.2 Å². The third-order valence-corrected chi connectivity index (χ3v) is 4.22. The van der Waals surface area contributed by atoms with Crippen LogP contribution in [0.25, 0.3) is 0 Å². The first kappa shape index (κ1) is 21.0. The lowest BCUT2D eigenvalue weighted by Gasteiger charge is -2.22. The minimum atomic E-state index is -0.365. The SMILES string of the molecule is COc1cccc(OC)c1C(=O)NCCN(C(C)=O)c1cccc(C(C)=O)c1. The molecule has 0 fully saturated rings. The van der Waals surface area contributed by atoms with E-state index in [9.17, 15) is 14.4 Å². The number of nitrogens with one attached hydrogen (secondary N) is 1. The molecule has 2 amide bonds. The number of Topliss-reactive ketones (excluding diaryl/α,β-unsaturated/α-hetero) is 1. The summed E-state index contributed by atoms with van der Waals surface area (Å²) in [6.07, 6.45) is 0. The summed E-state index contributed by atoms with van der Waals surface area (Å²) in [5, 5.41) is 2.78. The summed E-state index contributed by atoms with van der Waals surface area (Å²) in [6.45, 7) is 3.37. The van der Waals surface area contributed by atoms with Crippen molar-refractivity contribution in [3.63, 3.8) is 0 Å². The quantitative estimate of drug-likeness (QED) is 0.708. The molecule has 0 aliphatic rings. The van der Waals surface area contributed by atoms with Crippen LogP contribution in [0.5, 0.6) is 11.5 Å². The molecule has 0 spiro atoms. The van der Waals surface area contributed by atoms with Gasteiger partial charge in [-0.25, -0.2) is 0 Å². The standard InChI is InChI=1S/C21H24N2O5/c1-14(24)16-7-5-8-17(13-16)23(15(2)25)12-11-22-21(26)20-18(27-3)9-6-10-19(20)28-4/h5-10,13H,11-12H2,1-4H3,(H,22,26). The summed E-state index contributed by atoms with van der Waals surface area (Å²) < 4.78 is 10.5. The number of nitrogens with zero attached hydrogens (tertiary/aromatic N) is 1. The fraction of sp³-hybridized carbons (Fsp3) is 0.286. The Labute approximate surface area is 164 Å². The smallest absolute Gasteiger partial charge is 0.258 e. The molecule has 0 aliphatic heterocycles. The summed E-state index contributed by atoms with van der Waals surface area (Å²) in [6, 6.07) is 11.9. The third kappa shape index (κ3) is 4.88. The molecule has 0 aromatic heterocycles. The van der Waals surface area contributed by atoms with Crippen LogP contribution in [-0.4, -0.2) is 44.9 Å². The molecule has 0 saturated heterocycles. The van der Waals surface area contributed by atoms with Gasteiger partial charge in [-0.15, -0.1) is 0 Å². The molecule has 0 unspecified atom stereocenters. The van der Waals surface area contributed by atoms with Crippen LogP contribution in [0.2, 0.25) is 0 Å². The topological polar surface area (TPSA) is 84.9 Å². The molecule has 7 nitrogen and oxygen atoms in total. The van der Waals surface area contributed by atoms with Crippen LogP contribution < -0.4 is 19.7 Å². The molecule has 7 heteroatoms. The zero-order valence-corrected chi connectivity index (χ0v) is 16.4. The van der Waals surface area contributed by atoms with E-state index in [1.165, 1.54) is 33.0 Å². The van der Waals surface area contributed by atoms with Crippen LogP contribution in [-0.2, 0) is 4.79 Å². The number of rotatable bonds is 8. The predicted molar refractivity (Wildman–Crippen MR) is 106 cm³/mol. The van der Waals surface area contributed by atoms with Crippen molar-refractivity contribution >= 4 is 23.3 Å². The number of anilines is 1. The van der Waals surface area contributed by atoms with Gasteiger partial charge in [0, 0.05) is 31.3 Å². The van der Waals surface area contributed by atoms with Crippen LogP contribution in [0.3, 0.4) is 0 Å². The second-order valence-corrected chi connectivity index (χ2v) is 6.07. The Morgan fingerprint density at radius 3 is 2.11 bits per heavy atom. The number of benzene rings is 2. The largest absolute Gasteiger partial charge is 0.496 e. The van der Waals surface area contributed by atoms with E-state index in [0.717, 1.165) is 0 Å². The number of hydrogen-bond donors (Lipinski definition) is 1. The fourth-order valence-corrected chi connectivity index (χ4v) is 2.81. The molecule has 148 valence electrons. The lowest BCUT2D eigenvalue weighted by Crippen LogP contribution is -2.37. The zero-order valence-electron chi connectivity index (χ0n) is 16.4. The van der Waals surface area contributed by atoms with E-state index in [1.807, 2.05) is 0 Å². The number of carbonyl (C=O) groups excluding carboxylic acids is 3. The number of hydrogen-bond acceptors (Lipinski definition) is 5. The van der Waals surface area contributed by atoms with Gasteiger partial charge in [-0.2, -0.15) is 0 Å². The molecule has 2 rings (SSSR count). The van der Waals surface area contributed by atoms with Gasteiger partial charge in [0.2, 0.25) is 5.91 Å². The van der Waals surface area contributed by atoms with Gasteiger partial charge in [0.05, 0.1) is 14.2 Å². The maximum Gasteiger partial charge on any atom is 0.258 e. The average molecular weight is 384 g/mol. The Balaban J connectivity index is 2.12. The van der Waals surface area contributed by atoms with Crippen molar-refractivity contribution in [2.45, 2.75) is 13.8 Å². The monoisotopic (exact) mass is 384 g/mol. The van der Waals surface area contributed by atoms with E-state index in [0.29, 0.717) is 28.3 Å². The van der Waals surface area contributed by atoms with Crippen LogP contribution in [0.15, 0.2) is 42.5 Å². The molecule has 0 atom stereocenters. The zero-order chi connectivity index (χ0) is 20.7. The van der Waals surface area contributed by atoms with Gasteiger partial charge < -0.3 is 19.7 Å². The summed E-state index contributed by atoms with van der Waals surface area (Å²) >= 11 is 0. The third-order valence-electron chi connectivity index (χ3n) is 4.22. The highest BCUT2D eigenvalue weighted by atomic mass is 16.5. The molecule has 0 saturated carbocycles. The minimum Gasteiger partial charge on any atom is -0.496 e. The Bertz CT molecular complexity index is 857. The molecule has 2 aromatic carbocycles. The predicted octanol–water partition coefficient (Wildman–Crippen LogP) is 2.69. The molecule has 28 heavy (non-hydrogen) atoms. The Hall–Kier alpha value is -3.35. The fourth-order valence-electron chi connectivity index (χ4n) is 2.81. The van der Waals surface area contributed by atoms with Crippen molar-refractivity contribution in [2.75, 3.05) is 32.2 Å². The molecule has 0 heterocycles. The lowest BCUT2D eigenvalue weighted by molar-refractivity contribution is -0.116. The van der Waals surface area contributed by atoms with Crippen molar-refractivity contribution in [1.82, 2.24) is 5.32 Å². The highest BCUT2D eigenvalue weighted by Crippen LogP contribution is 2.27. The first-order chi connectivity index (χ1) is 13.4. The van der Waals surface area contributed by atoms with Gasteiger partial charge in [0.25, 0.3) is 5.91 Å². The lowest BCUT2D eigenvalue weighted by atomic mass is 10.1. The molecule has 0 aliphatic carbocycles. The van der Waals surface area contributed by atoms with Crippen molar-refractivity contribution in [2.24, 2.45) is 0 Å². The first-order valence-electron chi connectivity index (χ1n) is 8.77. The molecule has 0 radical (unpaired) electrons. The summed E-state index contributed by atoms with van der Waals surface area (Å²) in [5.41, 5.74) is 1.41. The van der Waals surface area contributed by atoms with Gasteiger partial charge in [-0.05, 0) is 31.2 Å². The maximum atomic E-state index is 12.6. The number of amides is 2. The van der Waals surface area contributed by atoms with Crippen molar-refractivity contribution in [1.29, 1.82) is 0 Å². The Morgan fingerprint density at radius 1 is 0.964 bits per heavy atom. The van der Waals surface area contributed by atoms with E-state index < -0.39 is 0 Å². The average Bonchev–Trinajstić information content (AvgIpc) is 2.70. The molecular weight excluding hydrogens is 360 g/mol. The van der Waals surface area contributed by atoms with Crippen LogP contribution in [0, 0.1) is 0 Å². The normalized spacial score (nSPS) is 10.1. The highest BCUT2D eigenvalue weighted by Gasteiger charge is 2.19. The Morgan fingerprint density at radius 2 is 1.57 bits per heavy atom. The number of methoxy groups -OCH3 is 2. The van der Waals surface area contributed by atoms with E-state index >= 15 is 0 Å². The van der Waals surface area contributed by atoms with Gasteiger partial charge >= 0.3 is 0 Å². The highest BCUT2D eigenvalue weighted by molar-refractivity contribution is 6.00. The molecule has 0 bridgehead atoms. The van der Waals surface area contributed by atoms with E-state index in [4.69, 9.17) is 9.47 Å². The van der Waals surface area contributed by atoms with Crippen molar-refractivity contribution < 1.29 is 23.9 Å². The second kappa shape index (κ2) is 9.55. The number of ether oxygens (including phenoxy) is 2. The van der Waals surface area contributed by atoms with E-state index in [-0.39, 0.29) is 30.7 Å². The summed E-state index contributed by atoms with van der Waals surface area (Å²) in [5.74, 6) is 0.158. The van der Waals surface area contributed by atoms with Crippen LogP contribution >= 0.6 is 0 Å². The number of ketones is 1. The van der Waals surface area contributed by atoms with Crippen LogP contribution in [0.4, 0.5) is 5.69 Å². The van der Waals surface area contributed by atoms with Crippen molar-refractivity contribution in [3.05, 3.63) is 53.6 Å². The minimum absolute atomic E-state index is 0.0816. The van der Waals surface area contributed by atoms with Crippen LogP contribution in [0.1, 0.15) is 34.6 Å². The maximum absolute atomic E-state index is 12.6. The van der Waals surface area contributed by atoms with E-state index in [2.05, 4.69) is 5.32 Å². The van der Waals surface area contributed by atoms with E-state index in [1.54, 1.807) is 42.5 Å². The molecule has 1 N–H and O–H groups in total. The molecular formula is C21H24N2O5. The van der Waals surface area contributed by atoms with Crippen molar-refractivity contribution in [3.8, 4) is 11.5 Å². The number of carbonyl (C=O) groups is 3. The summed E-state index contributed by atoms with van der Waals surface area (Å²) in [4.78, 5) is 37.8. The van der Waals surface area contributed by atoms with Gasteiger partial charge in [0.1, 0.15) is 17.1 Å². The summed E-state index contributed by atoms with van der Waals surface area (Å²) in [7, 11) is 2.95. The second-order valence-electron chi connectivity index (χ2n) is 6.07. The van der Waals surface area contributed by atoms with Gasteiger partial charge in [0.15, 0.2) is 5.78 Å².